The molecule has 1 aromatic rings. The van der Waals surface area contributed by atoms with Gasteiger partial charge in [-0.2, -0.15) is 0 Å². The summed E-state index contributed by atoms with van der Waals surface area (Å²) in [4.78, 5) is 4.21. The van der Waals surface area contributed by atoms with Crippen molar-refractivity contribution < 1.29 is 0 Å². The maximum Gasteiger partial charge on any atom is 0.126 e. The number of halogens is 1. The molecule has 0 aliphatic carbocycles. The lowest BCUT2D eigenvalue weighted by Gasteiger charge is -2.12. The fourth-order valence-electron chi connectivity index (χ4n) is 1.10. The Morgan fingerprint density at radius 1 is 1.62 bits per heavy atom. The second-order valence-electron chi connectivity index (χ2n) is 3.24. The summed E-state index contributed by atoms with van der Waals surface area (Å²) in [6.07, 6.45) is 2.77. The summed E-state index contributed by atoms with van der Waals surface area (Å²) in [5, 5.41) is 3.29. The quantitative estimate of drug-likeness (QED) is 0.753. The Labute approximate surface area is 84.3 Å². The van der Waals surface area contributed by atoms with Crippen molar-refractivity contribution in [2.45, 2.75) is 26.3 Å². The molecule has 0 bridgehead atoms. The third-order valence-electron chi connectivity index (χ3n) is 1.85. The predicted molar refractivity (Wildman–Crippen MR) is 57.4 cm³/mol. The maximum atomic E-state index is 5.63. The minimum Gasteiger partial charge on any atom is -0.368 e. The molecular formula is C10H15ClN2. The van der Waals surface area contributed by atoms with Crippen LogP contribution in [0.5, 0.6) is 0 Å². The van der Waals surface area contributed by atoms with Gasteiger partial charge in [-0.25, -0.2) is 4.98 Å². The van der Waals surface area contributed by atoms with E-state index >= 15 is 0 Å². The lowest BCUT2D eigenvalue weighted by atomic mass is 10.2. The van der Waals surface area contributed by atoms with Gasteiger partial charge in [0, 0.05) is 18.1 Å². The minimum atomic E-state index is 0.381. The van der Waals surface area contributed by atoms with E-state index in [0.717, 1.165) is 12.2 Å². The van der Waals surface area contributed by atoms with E-state index in [2.05, 4.69) is 24.1 Å². The van der Waals surface area contributed by atoms with Crippen LogP contribution in [0.25, 0.3) is 0 Å². The van der Waals surface area contributed by atoms with Crippen molar-refractivity contribution >= 4 is 17.4 Å². The molecule has 0 aliphatic rings. The average molecular weight is 199 g/mol. The van der Waals surface area contributed by atoms with Crippen LogP contribution in [0.3, 0.4) is 0 Å². The summed E-state index contributed by atoms with van der Waals surface area (Å²) in [7, 11) is 0. The van der Waals surface area contributed by atoms with Crippen LogP contribution in [-0.4, -0.2) is 16.9 Å². The number of hydrogen-bond donors (Lipinski definition) is 1. The van der Waals surface area contributed by atoms with Crippen LogP contribution in [0, 0.1) is 6.92 Å². The number of nitrogens with one attached hydrogen (secondary N) is 1. The molecule has 13 heavy (non-hydrogen) atoms. The number of alkyl halides is 1. The van der Waals surface area contributed by atoms with E-state index in [4.69, 9.17) is 11.6 Å². The van der Waals surface area contributed by atoms with Crippen molar-refractivity contribution in [1.29, 1.82) is 0 Å². The highest BCUT2D eigenvalue weighted by Crippen LogP contribution is 2.08. The summed E-state index contributed by atoms with van der Waals surface area (Å²) in [6.45, 7) is 4.16. The Balaban J connectivity index is 2.53. The van der Waals surface area contributed by atoms with Gasteiger partial charge in [0.25, 0.3) is 0 Å². The molecular weight excluding hydrogens is 184 g/mol. The number of hydrogen-bond acceptors (Lipinski definition) is 2. The molecule has 2 nitrogen and oxygen atoms in total. The van der Waals surface area contributed by atoms with Crippen LogP contribution in [-0.2, 0) is 0 Å². The first-order valence-electron chi connectivity index (χ1n) is 4.47. The molecule has 1 atom stereocenters. The summed E-state index contributed by atoms with van der Waals surface area (Å²) >= 11 is 5.63. The largest absolute Gasteiger partial charge is 0.368 e. The highest BCUT2D eigenvalue weighted by molar-refractivity contribution is 6.17. The van der Waals surface area contributed by atoms with Gasteiger partial charge in [0.05, 0.1) is 0 Å². The van der Waals surface area contributed by atoms with E-state index < -0.39 is 0 Å². The molecule has 1 aromatic heterocycles. The molecule has 1 rings (SSSR count). The van der Waals surface area contributed by atoms with Gasteiger partial charge in [0.1, 0.15) is 5.82 Å². The summed E-state index contributed by atoms with van der Waals surface area (Å²) < 4.78 is 0. The van der Waals surface area contributed by atoms with Crippen LogP contribution in [0.2, 0.25) is 0 Å². The Morgan fingerprint density at radius 3 is 3.00 bits per heavy atom. The van der Waals surface area contributed by atoms with Gasteiger partial charge in [0.2, 0.25) is 0 Å². The lowest BCUT2D eigenvalue weighted by molar-refractivity contribution is 0.763. The Kier molecular flexibility index (Phi) is 4.03. The van der Waals surface area contributed by atoms with E-state index in [9.17, 15) is 0 Å². The molecule has 0 amide bonds. The van der Waals surface area contributed by atoms with Gasteiger partial charge in [0.15, 0.2) is 0 Å². The monoisotopic (exact) mass is 198 g/mol. The Morgan fingerprint density at radius 2 is 2.38 bits per heavy atom. The Hall–Kier alpha value is -0.760. The standard InChI is InChI=1S/C10H15ClN2/c1-8-4-6-12-10(7-8)13-9(2)3-5-11/h4,6-7,9H,3,5H2,1-2H3,(H,12,13). The van der Waals surface area contributed by atoms with E-state index in [1.54, 1.807) is 0 Å². The van der Waals surface area contributed by atoms with Gasteiger partial charge < -0.3 is 5.32 Å². The summed E-state index contributed by atoms with van der Waals surface area (Å²) in [5.74, 6) is 1.61. The first-order valence-corrected chi connectivity index (χ1v) is 5.01. The molecule has 0 aliphatic heterocycles. The molecule has 0 aromatic carbocycles. The van der Waals surface area contributed by atoms with Crippen molar-refractivity contribution in [1.82, 2.24) is 4.98 Å². The van der Waals surface area contributed by atoms with Crippen LogP contribution >= 0.6 is 11.6 Å². The molecule has 1 N–H and O–H groups in total. The third-order valence-corrected chi connectivity index (χ3v) is 2.07. The van der Waals surface area contributed by atoms with Crippen LogP contribution in [0.1, 0.15) is 18.9 Å². The van der Waals surface area contributed by atoms with Crippen molar-refractivity contribution in [3.63, 3.8) is 0 Å². The third kappa shape index (κ3) is 3.64. The second kappa shape index (κ2) is 5.07. The molecule has 0 radical (unpaired) electrons. The van der Waals surface area contributed by atoms with Crippen molar-refractivity contribution in [3.05, 3.63) is 23.9 Å². The number of pyridine rings is 1. The van der Waals surface area contributed by atoms with Crippen LogP contribution in [0.4, 0.5) is 5.82 Å². The zero-order chi connectivity index (χ0) is 9.68. The highest BCUT2D eigenvalue weighted by atomic mass is 35.5. The van der Waals surface area contributed by atoms with Gasteiger partial charge in [-0.15, -0.1) is 11.6 Å². The molecule has 0 spiro atoms. The zero-order valence-electron chi connectivity index (χ0n) is 8.05. The number of aromatic nitrogens is 1. The second-order valence-corrected chi connectivity index (χ2v) is 3.62. The molecule has 0 saturated carbocycles. The van der Waals surface area contributed by atoms with Crippen molar-refractivity contribution in [2.24, 2.45) is 0 Å². The van der Waals surface area contributed by atoms with Crippen molar-refractivity contribution in [2.75, 3.05) is 11.2 Å². The van der Waals surface area contributed by atoms with Gasteiger partial charge in [-0.1, -0.05) is 0 Å². The lowest BCUT2D eigenvalue weighted by Crippen LogP contribution is -2.16. The normalized spacial score (nSPS) is 12.5. The average Bonchev–Trinajstić information content (AvgIpc) is 2.04. The Bertz CT molecular complexity index is 263. The fraction of sp³-hybridized carbons (Fsp3) is 0.500. The van der Waals surface area contributed by atoms with Gasteiger partial charge in [-0.05, 0) is 38.0 Å². The number of aryl methyl sites for hydroxylation is 1. The summed E-state index contributed by atoms with van der Waals surface area (Å²) in [6, 6.07) is 4.40. The first kappa shape index (κ1) is 10.3. The van der Waals surface area contributed by atoms with Gasteiger partial charge in [-0.3, -0.25) is 0 Å². The highest BCUT2D eigenvalue weighted by Gasteiger charge is 2.01. The van der Waals surface area contributed by atoms with E-state index in [-0.39, 0.29) is 0 Å². The topological polar surface area (TPSA) is 24.9 Å². The molecule has 0 saturated heterocycles. The SMILES string of the molecule is Cc1ccnc(NC(C)CCCl)c1. The van der Waals surface area contributed by atoms with Crippen LogP contribution in [0.15, 0.2) is 18.3 Å². The first-order chi connectivity index (χ1) is 6.22. The molecule has 0 fully saturated rings. The molecule has 3 heteroatoms. The van der Waals surface area contributed by atoms with Gasteiger partial charge >= 0.3 is 0 Å². The van der Waals surface area contributed by atoms with E-state index in [1.807, 2.05) is 18.3 Å². The predicted octanol–water partition coefficient (Wildman–Crippen LogP) is 2.82. The fourth-order valence-corrected chi connectivity index (χ4v) is 1.43. The van der Waals surface area contributed by atoms with Crippen LogP contribution < -0.4 is 5.32 Å². The number of rotatable bonds is 4. The molecule has 1 unspecified atom stereocenters. The molecule has 1 heterocycles. The number of anilines is 1. The van der Waals surface area contributed by atoms with E-state index in [0.29, 0.717) is 11.9 Å². The van der Waals surface area contributed by atoms with Crippen molar-refractivity contribution in [3.8, 4) is 0 Å². The summed E-state index contributed by atoms with van der Waals surface area (Å²) in [5.41, 5.74) is 1.22. The van der Waals surface area contributed by atoms with E-state index in [1.165, 1.54) is 5.56 Å². The smallest absolute Gasteiger partial charge is 0.126 e. The minimum absolute atomic E-state index is 0.381. The maximum absolute atomic E-state index is 5.63. The number of nitrogens with zero attached hydrogens (tertiary/aromatic N) is 1. The molecule has 72 valence electrons. The zero-order valence-corrected chi connectivity index (χ0v) is 8.80.